The van der Waals surface area contributed by atoms with Gasteiger partial charge in [0.2, 0.25) is 0 Å². The minimum atomic E-state index is -0.523. The Kier molecular flexibility index (Phi) is 7.87. The fourth-order valence-electron chi connectivity index (χ4n) is 4.63. The fourth-order valence-corrected chi connectivity index (χ4v) is 4.63. The van der Waals surface area contributed by atoms with Gasteiger partial charge in [-0.15, -0.1) is 6.58 Å². The number of carbonyl (C=O) groups excluding carboxylic acids is 2. The van der Waals surface area contributed by atoms with Crippen molar-refractivity contribution in [3.63, 3.8) is 0 Å². The van der Waals surface area contributed by atoms with Crippen LogP contribution in [-0.2, 0) is 11.4 Å². The standard InChI is InChI=1S/C28H34N4O3/c1-4-15-32-24-19-31(17-16-30(5-2)6-3)27(33)25(24)26(29-28(32)34)22-13-10-14-23(18-22)35-20-21-11-8-7-9-12-21/h4,7-14,18,26H,1,5-6,15-17,19-20H2,2-3H3,(H,29,34)/t26-/m0/s1. The molecule has 184 valence electrons. The molecule has 0 saturated heterocycles. The van der Waals surface area contributed by atoms with Gasteiger partial charge < -0.3 is 19.9 Å². The number of hydrogen-bond donors (Lipinski definition) is 1. The molecule has 0 fully saturated rings. The van der Waals surface area contributed by atoms with Crippen LogP contribution in [0.15, 0.2) is 78.5 Å². The number of hydrogen-bond acceptors (Lipinski definition) is 4. The average Bonchev–Trinajstić information content (AvgIpc) is 3.21. The highest BCUT2D eigenvalue weighted by Gasteiger charge is 2.43. The molecule has 2 heterocycles. The lowest BCUT2D eigenvalue weighted by Gasteiger charge is -2.33. The van der Waals surface area contributed by atoms with Crippen LogP contribution >= 0.6 is 0 Å². The van der Waals surface area contributed by atoms with E-state index in [9.17, 15) is 9.59 Å². The van der Waals surface area contributed by atoms with Crippen LogP contribution in [0.25, 0.3) is 0 Å². The smallest absolute Gasteiger partial charge is 0.322 e. The summed E-state index contributed by atoms with van der Waals surface area (Å²) in [5.41, 5.74) is 3.29. The zero-order valence-corrected chi connectivity index (χ0v) is 20.6. The van der Waals surface area contributed by atoms with Crippen molar-refractivity contribution < 1.29 is 14.3 Å². The topological polar surface area (TPSA) is 65.1 Å². The second-order valence-corrected chi connectivity index (χ2v) is 8.74. The maximum atomic E-state index is 13.6. The van der Waals surface area contributed by atoms with E-state index in [1.807, 2.05) is 59.5 Å². The summed E-state index contributed by atoms with van der Waals surface area (Å²) in [6.07, 6.45) is 1.69. The van der Waals surface area contributed by atoms with Crippen molar-refractivity contribution in [3.05, 3.63) is 89.6 Å². The molecule has 0 unspecified atom stereocenters. The Morgan fingerprint density at radius 1 is 1.11 bits per heavy atom. The predicted octanol–water partition coefficient (Wildman–Crippen LogP) is 3.96. The van der Waals surface area contributed by atoms with Gasteiger partial charge in [0, 0.05) is 19.6 Å². The van der Waals surface area contributed by atoms with E-state index in [2.05, 4.69) is 30.6 Å². The van der Waals surface area contributed by atoms with Crippen molar-refractivity contribution in [1.29, 1.82) is 0 Å². The van der Waals surface area contributed by atoms with E-state index in [0.717, 1.165) is 36.5 Å². The molecule has 0 aliphatic carbocycles. The molecular weight excluding hydrogens is 440 g/mol. The van der Waals surface area contributed by atoms with Gasteiger partial charge in [0.05, 0.1) is 23.9 Å². The lowest BCUT2D eigenvalue weighted by Crippen LogP contribution is -2.47. The van der Waals surface area contributed by atoms with Crippen molar-refractivity contribution in [2.24, 2.45) is 0 Å². The summed E-state index contributed by atoms with van der Waals surface area (Å²) in [4.78, 5) is 32.4. The Morgan fingerprint density at radius 3 is 2.60 bits per heavy atom. The first-order valence-corrected chi connectivity index (χ1v) is 12.3. The van der Waals surface area contributed by atoms with Crippen molar-refractivity contribution in [2.45, 2.75) is 26.5 Å². The van der Waals surface area contributed by atoms with Crippen molar-refractivity contribution in [3.8, 4) is 5.75 Å². The maximum absolute atomic E-state index is 13.6. The highest BCUT2D eigenvalue weighted by Crippen LogP contribution is 2.37. The van der Waals surface area contributed by atoms with E-state index in [1.54, 1.807) is 11.0 Å². The van der Waals surface area contributed by atoms with Crippen molar-refractivity contribution in [2.75, 3.05) is 39.3 Å². The molecule has 0 spiro atoms. The number of nitrogens with zero attached hydrogens (tertiary/aromatic N) is 3. The van der Waals surface area contributed by atoms with E-state index in [4.69, 9.17) is 4.74 Å². The van der Waals surface area contributed by atoms with E-state index in [0.29, 0.717) is 37.6 Å². The van der Waals surface area contributed by atoms with E-state index in [-0.39, 0.29) is 11.9 Å². The summed E-state index contributed by atoms with van der Waals surface area (Å²) >= 11 is 0. The Bertz CT molecular complexity index is 1090. The predicted molar refractivity (Wildman–Crippen MR) is 137 cm³/mol. The van der Waals surface area contributed by atoms with Crippen LogP contribution in [0, 0.1) is 0 Å². The summed E-state index contributed by atoms with van der Waals surface area (Å²) in [5, 5.41) is 3.05. The van der Waals surface area contributed by atoms with Crippen LogP contribution in [0.4, 0.5) is 4.79 Å². The van der Waals surface area contributed by atoms with Crippen LogP contribution in [0.2, 0.25) is 0 Å². The molecule has 3 amide bonds. The van der Waals surface area contributed by atoms with Crippen LogP contribution in [-0.4, -0.2) is 65.9 Å². The monoisotopic (exact) mass is 474 g/mol. The molecule has 2 aromatic rings. The van der Waals surface area contributed by atoms with Gasteiger partial charge in [-0.1, -0.05) is 62.4 Å². The lowest BCUT2D eigenvalue weighted by molar-refractivity contribution is -0.126. The first-order chi connectivity index (χ1) is 17.0. The van der Waals surface area contributed by atoms with Crippen LogP contribution in [0.1, 0.15) is 31.0 Å². The first-order valence-electron chi connectivity index (χ1n) is 12.3. The quantitative estimate of drug-likeness (QED) is 0.501. The van der Waals surface area contributed by atoms with Gasteiger partial charge in [-0.2, -0.15) is 0 Å². The zero-order chi connectivity index (χ0) is 24.8. The number of rotatable bonds is 11. The number of likely N-dealkylation sites (N-methyl/N-ethyl adjacent to an activating group) is 1. The van der Waals surface area contributed by atoms with Crippen LogP contribution < -0.4 is 10.1 Å². The molecule has 1 N–H and O–H groups in total. The van der Waals surface area contributed by atoms with Gasteiger partial charge in [-0.25, -0.2) is 4.79 Å². The van der Waals surface area contributed by atoms with E-state index in [1.165, 1.54) is 0 Å². The highest BCUT2D eigenvalue weighted by atomic mass is 16.5. The number of ether oxygens (including phenoxy) is 1. The Labute approximate surface area is 207 Å². The largest absolute Gasteiger partial charge is 0.489 e. The molecule has 1 atom stereocenters. The minimum absolute atomic E-state index is 0.0261. The highest BCUT2D eigenvalue weighted by molar-refractivity contribution is 6.01. The SMILES string of the molecule is C=CCN1C(=O)N[C@@H](c2cccc(OCc3ccccc3)c2)C2=C1CN(CCN(CC)CC)C2=O. The summed E-state index contributed by atoms with van der Waals surface area (Å²) < 4.78 is 6.01. The van der Waals surface area contributed by atoms with Gasteiger partial charge in [0.1, 0.15) is 12.4 Å². The zero-order valence-electron chi connectivity index (χ0n) is 20.6. The van der Waals surface area contributed by atoms with Gasteiger partial charge in [0.25, 0.3) is 5.91 Å². The summed E-state index contributed by atoms with van der Waals surface area (Å²) in [6, 6.07) is 16.8. The molecule has 2 aromatic carbocycles. The lowest BCUT2D eigenvalue weighted by atomic mass is 9.95. The molecule has 0 aromatic heterocycles. The Hall–Kier alpha value is -3.58. The average molecular weight is 475 g/mol. The van der Waals surface area contributed by atoms with Gasteiger partial charge in [-0.05, 0) is 36.3 Å². The van der Waals surface area contributed by atoms with Crippen LogP contribution in [0.3, 0.4) is 0 Å². The summed E-state index contributed by atoms with van der Waals surface area (Å²) in [6.45, 7) is 12.6. The second-order valence-electron chi connectivity index (χ2n) is 8.74. The Morgan fingerprint density at radius 2 is 1.89 bits per heavy atom. The molecule has 2 aliphatic heterocycles. The fraction of sp³-hybridized carbons (Fsp3) is 0.357. The number of benzene rings is 2. The third-order valence-electron chi connectivity index (χ3n) is 6.63. The molecule has 7 heteroatoms. The number of carbonyl (C=O) groups is 2. The molecule has 7 nitrogen and oxygen atoms in total. The second kappa shape index (κ2) is 11.2. The molecule has 0 radical (unpaired) electrons. The molecule has 0 bridgehead atoms. The van der Waals surface area contributed by atoms with E-state index < -0.39 is 6.04 Å². The number of urea groups is 1. The van der Waals surface area contributed by atoms with Crippen molar-refractivity contribution >= 4 is 11.9 Å². The van der Waals surface area contributed by atoms with Gasteiger partial charge >= 0.3 is 6.03 Å². The third-order valence-corrected chi connectivity index (χ3v) is 6.63. The van der Waals surface area contributed by atoms with Crippen molar-refractivity contribution in [1.82, 2.24) is 20.0 Å². The minimum Gasteiger partial charge on any atom is -0.489 e. The molecule has 4 rings (SSSR count). The number of amides is 3. The molecular formula is C28H34N4O3. The third kappa shape index (κ3) is 5.41. The van der Waals surface area contributed by atoms with Gasteiger partial charge in [-0.3, -0.25) is 9.69 Å². The maximum Gasteiger partial charge on any atom is 0.322 e. The molecule has 35 heavy (non-hydrogen) atoms. The normalized spacial score (nSPS) is 17.6. The summed E-state index contributed by atoms with van der Waals surface area (Å²) in [5.74, 6) is 0.668. The van der Waals surface area contributed by atoms with Gasteiger partial charge in [0.15, 0.2) is 0 Å². The van der Waals surface area contributed by atoms with Crippen LogP contribution in [0.5, 0.6) is 5.75 Å². The Balaban J connectivity index is 1.58. The first kappa shape index (κ1) is 24.5. The molecule has 2 aliphatic rings. The summed E-state index contributed by atoms with van der Waals surface area (Å²) in [7, 11) is 0. The number of nitrogens with one attached hydrogen (secondary N) is 1. The molecule has 0 saturated carbocycles. The van der Waals surface area contributed by atoms with E-state index >= 15 is 0 Å².